The molecule has 0 aromatic heterocycles. The molecule has 5 atom stereocenters. The van der Waals surface area contributed by atoms with E-state index in [1.54, 1.807) is 7.11 Å². The van der Waals surface area contributed by atoms with Crippen molar-refractivity contribution >= 4 is 0 Å². The predicted molar refractivity (Wildman–Crippen MR) is 75.4 cm³/mol. The van der Waals surface area contributed by atoms with Crippen LogP contribution in [0.1, 0.15) is 0 Å². The fourth-order valence-electron chi connectivity index (χ4n) is 2.87. The number of para-hydroxylation sites is 2. The average Bonchev–Trinajstić information content (AvgIpc) is 2.74. The summed E-state index contributed by atoms with van der Waals surface area (Å²) in [6.07, 6.45) is 0.0692. The van der Waals surface area contributed by atoms with E-state index in [1.165, 1.54) is 7.11 Å². The maximum absolute atomic E-state index is 9.06. The zero-order valence-corrected chi connectivity index (χ0v) is 12.4. The molecule has 118 valence electrons. The molecule has 7 nitrogen and oxygen atoms in total. The lowest BCUT2D eigenvalue weighted by Gasteiger charge is -2.43. The fourth-order valence-corrected chi connectivity index (χ4v) is 2.87. The average molecular weight is 306 g/mol. The maximum Gasteiger partial charge on any atom is 0.186 e. The first-order chi connectivity index (χ1) is 10.8. The van der Waals surface area contributed by atoms with Gasteiger partial charge in [0.25, 0.3) is 0 Å². The Bertz CT molecular complexity index is 561. The lowest BCUT2D eigenvalue weighted by molar-refractivity contribution is -0.268. The van der Waals surface area contributed by atoms with E-state index in [9.17, 15) is 0 Å². The van der Waals surface area contributed by atoms with Gasteiger partial charge in [-0.1, -0.05) is 12.1 Å². The molecule has 1 aromatic carbocycles. The van der Waals surface area contributed by atoms with Gasteiger partial charge in [0.05, 0.1) is 0 Å². The van der Waals surface area contributed by atoms with Crippen LogP contribution in [0.5, 0.6) is 11.5 Å². The van der Waals surface area contributed by atoms with Gasteiger partial charge in [-0.05, 0) is 12.1 Å². The number of nitrogens with one attached hydrogen (secondary N) is 1. The van der Waals surface area contributed by atoms with Crippen LogP contribution in [-0.2, 0) is 14.2 Å². The number of hydrogen-bond donors (Lipinski definition) is 1. The van der Waals surface area contributed by atoms with Crippen LogP contribution in [-0.4, -0.2) is 51.5 Å². The van der Waals surface area contributed by atoms with E-state index >= 15 is 0 Å². The lowest BCUT2D eigenvalue weighted by atomic mass is 9.96. The first kappa shape index (κ1) is 14.9. The fraction of sp³-hybridized carbons (Fsp3) is 0.533. The Morgan fingerprint density at radius 2 is 2.00 bits per heavy atom. The predicted octanol–water partition coefficient (Wildman–Crippen LogP) is 0.652. The van der Waals surface area contributed by atoms with Crippen molar-refractivity contribution in [2.45, 2.75) is 30.6 Å². The van der Waals surface area contributed by atoms with E-state index in [0.717, 1.165) is 0 Å². The number of methoxy groups -OCH3 is 2. The molecule has 1 fully saturated rings. The van der Waals surface area contributed by atoms with Gasteiger partial charge in [0, 0.05) is 14.2 Å². The summed E-state index contributed by atoms with van der Waals surface area (Å²) in [5.74, 6) is 1.27. The first-order valence-corrected chi connectivity index (χ1v) is 7.02. The summed E-state index contributed by atoms with van der Waals surface area (Å²) >= 11 is 0. The van der Waals surface area contributed by atoms with Gasteiger partial charge in [-0.25, -0.2) is 0 Å². The van der Waals surface area contributed by atoms with Crippen LogP contribution in [0.25, 0.3) is 0 Å². The van der Waals surface area contributed by atoms with E-state index in [1.807, 2.05) is 30.5 Å². The molecule has 0 radical (unpaired) electrons. The van der Waals surface area contributed by atoms with Gasteiger partial charge in [0.1, 0.15) is 24.9 Å². The first-order valence-electron chi connectivity index (χ1n) is 7.02. The minimum atomic E-state index is -0.606. The molecule has 7 heteroatoms. The molecule has 0 unspecified atom stereocenters. The molecule has 2 aliphatic heterocycles. The molecule has 0 bridgehead atoms. The van der Waals surface area contributed by atoms with Gasteiger partial charge in [-0.3, -0.25) is 0 Å². The highest BCUT2D eigenvalue weighted by molar-refractivity contribution is 5.40. The Morgan fingerprint density at radius 1 is 1.23 bits per heavy atom. The van der Waals surface area contributed by atoms with Crippen LogP contribution in [0.2, 0.25) is 0 Å². The number of hydrogen-bond acceptors (Lipinski definition) is 7. The Labute approximate surface area is 128 Å². The van der Waals surface area contributed by atoms with E-state index in [2.05, 4.69) is 5.32 Å². The van der Waals surface area contributed by atoms with Crippen LogP contribution in [0.3, 0.4) is 0 Å². The highest BCUT2D eigenvalue weighted by atomic mass is 16.7. The highest BCUT2D eigenvalue weighted by Gasteiger charge is 2.49. The molecule has 1 aromatic rings. The number of fused-ring (bicyclic) bond motifs is 2. The molecule has 3 rings (SSSR count). The molecular weight excluding hydrogens is 288 g/mol. The van der Waals surface area contributed by atoms with Crippen molar-refractivity contribution in [2.75, 3.05) is 20.8 Å². The van der Waals surface area contributed by atoms with Gasteiger partial charge in [0.2, 0.25) is 0 Å². The molecule has 1 N–H and O–H groups in total. The van der Waals surface area contributed by atoms with Gasteiger partial charge in [-0.15, -0.1) is 0 Å². The SMILES string of the molecule is CO[C@H]1O[C@@H]2COc3ccccc3O[C@@H]2[C@H](NC#N)[C@H]1OC. The normalized spacial score (nSPS) is 33.2. The summed E-state index contributed by atoms with van der Waals surface area (Å²) in [5.41, 5.74) is 0. The standard InChI is InChI=1S/C15H18N2O5/c1-18-14-12(17-8-16)13-11(22-15(14)19-2)7-20-9-5-3-4-6-10(9)21-13/h3-6,11-15,17H,7H2,1-2H3/t11-,12+,13+,14-,15+/m1/s1. The number of benzene rings is 1. The monoisotopic (exact) mass is 306 g/mol. The molecule has 1 saturated heterocycles. The quantitative estimate of drug-likeness (QED) is 0.648. The van der Waals surface area contributed by atoms with Crippen molar-refractivity contribution in [2.24, 2.45) is 0 Å². The number of nitrogens with zero attached hydrogens (tertiary/aromatic N) is 1. The van der Waals surface area contributed by atoms with Crippen LogP contribution in [0, 0.1) is 11.5 Å². The number of nitriles is 1. The summed E-state index contributed by atoms with van der Waals surface area (Å²) in [7, 11) is 3.08. The molecule has 0 spiro atoms. The second-order valence-electron chi connectivity index (χ2n) is 5.10. The van der Waals surface area contributed by atoms with Gasteiger partial charge >= 0.3 is 0 Å². The second-order valence-corrected chi connectivity index (χ2v) is 5.10. The van der Waals surface area contributed by atoms with E-state index in [0.29, 0.717) is 18.1 Å². The third-order valence-electron chi connectivity index (χ3n) is 3.90. The van der Waals surface area contributed by atoms with Crippen molar-refractivity contribution in [3.8, 4) is 17.7 Å². The summed E-state index contributed by atoms with van der Waals surface area (Å²) < 4.78 is 28.5. The molecule has 2 aliphatic rings. The van der Waals surface area contributed by atoms with Gasteiger partial charge in [0.15, 0.2) is 30.1 Å². The summed E-state index contributed by atoms with van der Waals surface area (Å²) in [4.78, 5) is 0. The highest BCUT2D eigenvalue weighted by Crippen LogP contribution is 2.35. The molecule has 0 amide bonds. The molecule has 0 aliphatic carbocycles. The largest absolute Gasteiger partial charge is 0.487 e. The van der Waals surface area contributed by atoms with Crippen LogP contribution in [0.4, 0.5) is 0 Å². The lowest BCUT2D eigenvalue weighted by Crippen LogP contribution is -2.65. The van der Waals surface area contributed by atoms with Crippen molar-refractivity contribution in [3.05, 3.63) is 24.3 Å². The van der Waals surface area contributed by atoms with Crippen molar-refractivity contribution in [3.63, 3.8) is 0 Å². The van der Waals surface area contributed by atoms with Crippen LogP contribution < -0.4 is 14.8 Å². The van der Waals surface area contributed by atoms with E-state index < -0.39 is 24.5 Å². The minimum absolute atomic E-state index is 0.307. The summed E-state index contributed by atoms with van der Waals surface area (Å²) in [6, 6.07) is 6.99. The zero-order chi connectivity index (χ0) is 15.5. The molecule has 0 saturated carbocycles. The topological polar surface area (TPSA) is 82.0 Å². The maximum atomic E-state index is 9.06. The van der Waals surface area contributed by atoms with E-state index in [-0.39, 0.29) is 6.10 Å². The summed E-state index contributed by atoms with van der Waals surface area (Å²) in [5, 5.41) is 11.8. The smallest absolute Gasteiger partial charge is 0.186 e. The molecule has 2 heterocycles. The Hall–Kier alpha value is -2.01. The van der Waals surface area contributed by atoms with Gasteiger partial charge < -0.3 is 29.0 Å². The minimum Gasteiger partial charge on any atom is -0.487 e. The Kier molecular flexibility index (Phi) is 4.34. The molecular formula is C15H18N2O5. The van der Waals surface area contributed by atoms with Crippen LogP contribution in [0.15, 0.2) is 24.3 Å². The van der Waals surface area contributed by atoms with Crippen LogP contribution >= 0.6 is 0 Å². The Balaban J connectivity index is 1.92. The van der Waals surface area contributed by atoms with Crippen molar-refractivity contribution < 1.29 is 23.7 Å². The Morgan fingerprint density at radius 3 is 2.68 bits per heavy atom. The third-order valence-corrected chi connectivity index (χ3v) is 3.90. The second kappa shape index (κ2) is 6.40. The van der Waals surface area contributed by atoms with E-state index in [4.69, 9.17) is 28.9 Å². The van der Waals surface area contributed by atoms with Crippen molar-refractivity contribution in [1.29, 1.82) is 5.26 Å². The number of ether oxygens (including phenoxy) is 5. The van der Waals surface area contributed by atoms with Crippen molar-refractivity contribution in [1.82, 2.24) is 5.32 Å². The summed E-state index contributed by atoms with van der Waals surface area (Å²) in [6.45, 7) is 0.307. The van der Waals surface area contributed by atoms with Gasteiger partial charge in [-0.2, -0.15) is 5.26 Å². The zero-order valence-electron chi connectivity index (χ0n) is 12.4. The third kappa shape index (κ3) is 2.57. The molecule has 22 heavy (non-hydrogen) atoms. The number of rotatable bonds is 3.